The normalized spacial score (nSPS) is 12.3. The molecule has 0 saturated carbocycles. The van der Waals surface area contributed by atoms with Crippen molar-refractivity contribution in [2.75, 3.05) is 0 Å². The topological polar surface area (TPSA) is 68.3 Å². The monoisotopic (exact) mass is 474 g/mol. The van der Waals surface area contributed by atoms with E-state index >= 15 is 0 Å². The summed E-state index contributed by atoms with van der Waals surface area (Å²) in [6.45, 7) is 0. The molecule has 0 aliphatic carbocycles. The van der Waals surface area contributed by atoms with E-state index in [0.29, 0.717) is 0 Å². The third-order valence-corrected chi connectivity index (χ3v) is 1.91. The maximum atomic E-state index is 11.3. The maximum Gasteiger partial charge on any atom is 2.00 e. The molecule has 0 aromatic rings. The molecule has 0 aliphatic heterocycles. The molecule has 160 valence electrons. The van der Waals surface area contributed by atoms with Gasteiger partial charge in [-0.25, -0.2) is 0 Å². The average Bonchev–Trinajstić information content (AvgIpc) is 2.34. The van der Waals surface area contributed by atoms with E-state index in [-0.39, 0.29) is 16.5 Å². The Kier molecular flexibility index (Phi) is 11.2. The number of hydrogen-bond acceptors (Lipinski definition) is 4. The molecule has 0 N–H and O–H groups in total. The van der Waals surface area contributed by atoms with Crippen LogP contribution in [0.5, 0.6) is 0 Å². The van der Waals surface area contributed by atoms with Gasteiger partial charge in [-0.2, -0.15) is 52.7 Å². The Labute approximate surface area is 150 Å². The van der Waals surface area contributed by atoms with E-state index in [9.17, 15) is 71.9 Å². The molecule has 27 heavy (non-hydrogen) atoms. The van der Waals surface area contributed by atoms with E-state index in [1.54, 1.807) is 0 Å². The number of carbonyl (C=O) groups is 4. The van der Waals surface area contributed by atoms with Crippen LogP contribution in [0.4, 0.5) is 52.7 Å². The molecular weight excluding hydrogens is 471 g/mol. The summed E-state index contributed by atoms with van der Waals surface area (Å²) in [6.07, 6.45) is -26.0. The first-order chi connectivity index (χ1) is 11.1. The zero-order valence-electron chi connectivity index (χ0n) is 11.9. The van der Waals surface area contributed by atoms with Gasteiger partial charge in [0.2, 0.25) is 23.1 Å². The molecule has 0 spiro atoms. The number of Topliss-reactive ketones (excluding diaryl/α,β-unsaturated/α-hetero) is 4. The second kappa shape index (κ2) is 10.0. The Morgan fingerprint density at radius 3 is 0.593 bits per heavy atom. The van der Waals surface area contributed by atoms with Crippen molar-refractivity contribution in [2.45, 2.75) is 37.5 Å². The molecule has 0 fully saturated rings. The van der Waals surface area contributed by atoms with Crippen molar-refractivity contribution in [2.24, 2.45) is 0 Å². The summed E-state index contributed by atoms with van der Waals surface area (Å²) in [5.74, 6) is -10.8. The fourth-order valence-corrected chi connectivity index (χ4v) is 0.693. The average molecular weight is 475 g/mol. The number of hydrogen-bond donors (Lipinski definition) is 0. The van der Waals surface area contributed by atoms with Crippen LogP contribution in [0.1, 0.15) is 12.8 Å². The number of rotatable bonds is 4. The summed E-state index contributed by atoms with van der Waals surface area (Å²) < 4.78 is 136. The van der Waals surface area contributed by atoms with Gasteiger partial charge in [-0.3, -0.25) is 19.2 Å². The maximum absolute atomic E-state index is 11.3. The molecule has 0 amide bonds. The molecule has 4 nitrogen and oxygen atoms in total. The van der Waals surface area contributed by atoms with Crippen molar-refractivity contribution in [1.82, 2.24) is 0 Å². The third kappa shape index (κ3) is 13.2. The zero-order chi connectivity index (χ0) is 21.7. The summed E-state index contributed by atoms with van der Waals surface area (Å²) in [6, 6.07) is 0. The van der Waals surface area contributed by atoms with Crippen LogP contribution in [0.3, 0.4) is 0 Å². The SMILES string of the molecule is O=C(CC(=O)C(F)(F)F)C(F)(F)F.O=C(CC(=O)C(F)(F)F)C(F)(F)F.[Ni+2]. The molecule has 0 rings (SSSR count). The number of halogens is 12. The smallest absolute Gasteiger partial charge is 0.289 e. The van der Waals surface area contributed by atoms with E-state index in [2.05, 4.69) is 0 Å². The first-order valence-corrected chi connectivity index (χ1v) is 5.50. The van der Waals surface area contributed by atoms with Gasteiger partial charge in [0.15, 0.2) is 0 Å². The standard InChI is InChI=1S/2C5H2F6O2.Ni/c2*6-4(7,8)2(12)1-3(13)5(9,10)11;/h2*1H2;/q;;+2. The van der Waals surface area contributed by atoms with E-state index in [1.165, 1.54) is 0 Å². The molecule has 0 bridgehead atoms. The Hall–Kier alpha value is -1.67. The first kappa shape index (κ1) is 30.1. The van der Waals surface area contributed by atoms with Gasteiger partial charge in [0.1, 0.15) is 0 Å². The van der Waals surface area contributed by atoms with E-state index in [1.807, 2.05) is 0 Å². The van der Waals surface area contributed by atoms with Crippen LogP contribution >= 0.6 is 0 Å². The summed E-state index contributed by atoms with van der Waals surface area (Å²) >= 11 is 0. The van der Waals surface area contributed by atoms with Crippen molar-refractivity contribution >= 4 is 23.1 Å². The van der Waals surface area contributed by atoms with Crippen LogP contribution in [0, 0.1) is 0 Å². The molecule has 0 radical (unpaired) electrons. The van der Waals surface area contributed by atoms with E-state index < -0.39 is 60.7 Å². The number of ketones is 4. The Morgan fingerprint density at radius 2 is 0.519 bits per heavy atom. The molecule has 0 atom stereocenters. The molecule has 0 heterocycles. The van der Waals surface area contributed by atoms with Crippen molar-refractivity contribution in [3.63, 3.8) is 0 Å². The van der Waals surface area contributed by atoms with Gasteiger partial charge < -0.3 is 0 Å². The second-order valence-electron chi connectivity index (χ2n) is 4.04. The predicted octanol–water partition coefficient (Wildman–Crippen LogP) is 3.28. The Bertz CT molecular complexity index is 456. The Balaban J connectivity index is -0.000000411. The third-order valence-electron chi connectivity index (χ3n) is 1.91. The summed E-state index contributed by atoms with van der Waals surface area (Å²) in [7, 11) is 0. The largest absolute Gasteiger partial charge is 2.00 e. The van der Waals surface area contributed by atoms with Gasteiger partial charge in [-0.15, -0.1) is 0 Å². The second-order valence-corrected chi connectivity index (χ2v) is 4.04. The first-order valence-electron chi connectivity index (χ1n) is 5.50. The summed E-state index contributed by atoms with van der Waals surface area (Å²) in [5.41, 5.74) is 0. The molecule has 17 heteroatoms. The molecular formula is C10H4F12NiO4+2. The van der Waals surface area contributed by atoms with E-state index in [4.69, 9.17) is 0 Å². The van der Waals surface area contributed by atoms with Crippen molar-refractivity contribution in [3.8, 4) is 0 Å². The quantitative estimate of drug-likeness (QED) is 0.356. The molecule has 0 aliphatic rings. The van der Waals surface area contributed by atoms with Crippen LogP contribution in [-0.2, 0) is 35.7 Å². The van der Waals surface area contributed by atoms with Crippen molar-refractivity contribution < 1.29 is 88.4 Å². The van der Waals surface area contributed by atoms with Crippen LogP contribution < -0.4 is 0 Å². The van der Waals surface area contributed by atoms with Gasteiger partial charge in [-0.05, 0) is 0 Å². The Morgan fingerprint density at radius 1 is 0.407 bits per heavy atom. The minimum Gasteiger partial charge on any atom is -0.289 e. The minimum atomic E-state index is -5.40. The van der Waals surface area contributed by atoms with Gasteiger partial charge in [0.05, 0.1) is 12.8 Å². The number of alkyl halides is 12. The van der Waals surface area contributed by atoms with E-state index in [0.717, 1.165) is 0 Å². The minimum absolute atomic E-state index is 0. The van der Waals surface area contributed by atoms with Gasteiger partial charge in [0.25, 0.3) is 0 Å². The summed E-state index contributed by atoms with van der Waals surface area (Å²) in [5, 5.41) is 0. The zero-order valence-corrected chi connectivity index (χ0v) is 12.9. The number of carbonyl (C=O) groups excluding carboxylic acids is 4. The van der Waals surface area contributed by atoms with Crippen LogP contribution in [0.25, 0.3) is 0 Å². The van der Waals surface area contributed by atoms with Crippen LogP contribution in [-0.4, -0.2) is 47.8 Å². The predicted molar refractivity (Wildman–Crippen MR) is 53.5 cm³/mol. The van der Waals surface area contributed by atoms with Crippen LogP contribution in [0.2, 0.25) is 0 Å². The fourth-order valence-electron chi connectivity index (χ4n) is 0.693. The van der Waals surface area contributed by atoms with Crippen molar-refractivity contribution in [1.29, 1.82) is 0 Å². The molecule has 0 saturated heterocycles. The van der Waals surface area contributed by atoms with Crippen molar-refractivity contribution in [3.05, 3.63) is 0 Å². The van der Waals surface area contributed by atoms with Gasteiger partial charge in [-0.1, -0.05) is 0 Å². The molecule has 0 aromatic heterocycles. The summed E-state index contributed by atoms with van der Waals surface area (Å²) in [4.78, 5) is 39.5. The van der Waals surface area contributed by atoms with Gasteiger partial charge >= 0.3 is 41.2 Å². The fraction of sp³-hybridized carbons (Fsp3) is 0.600. The molecule has 0 unspecified atom stereocenters. The molecule has 0 aromatic carbocycles. The van der Waals surface area contributed by atoms with Gasteiger partial charge in [0, 0.05) is 0 Å². The van der Waals surface area contributed by atoms with Crippen LogP contribution in [0.15, 0.2) is 0 Å².